The summed E-state index contributed by atoms with van der Waals surface area (Å²) in [6, 6.07) is 25.5. The standard InChI is InChI=1S/C34H45N5O4/c40-34(35-22-14-6-4-2-1-3-5-7-15-27-43-39(41)42)31-20-21-32(36-28-31)37-23-25-38(26-24-37)33(29-16-10-8-11-17-29)30-18-12-9-13-19-30/h8-13,16-21,28,33H,1-7,14-15,22-27H2,(H,35,40). The first-order valence-corrected chi connectivity index (χ1v) is 15.7. The zero-order valence-corrected chi connectivity index (χ0v) is 25.1. The monoisotopic (exact) mass is 587 g/mol. The summed E-state index contributed by atoms with van der Waals surface area (Å²) in [4.78, 5) is 36.5. The predicted octanol–water partition coefficient (Wildman–Crippen LogP) is 6.44. The van der Waals surface area contributed by atoms with Gasteiger partial charge in [0, 0.05) is 38.9 Å². The van der Waals surface area contributed by atoms with E-state index in [4.69, 9.17) is 0 Å². The van der Waals surface area contributed by atoms with Crippen LogP contribution in [0, 0.1) is 10.1 Å². The highest BCUT2D eigenvalue weighted by molar-refractivity contribution is 5.94. The molecular formula is C34H45N5O4. The second-order valence-electron chi connectivity index (χ2n) is 11.1. The number of nitrogens with one attached hydrogen (secondary N) is 1. The Kier molecular flexibility index (Phi) is 13.3. The number of pyridine rings is 1. The minimum absolute atomic E-state index is 0.0708. The molecule has 0 atom stereocenters. The Labute approximate surface area is 255 Å². The Morgan fingerprint density at radius 1 is 0.791 bits per heavy atom. The van der Waals surface area contributed by atoms with Gasteiger partial charge in [0.15, 0.2) is 0 Å². The third-order valence-electron chi connectivity index (χ3n) is 8.05. The van der Waals surface area contributed by atoms with Crippen molar-refractivity contribution in [2.45, 2.75) is 63.8 Å². The van der Waals surface area contributed by atoms with E-state index in [1.165, 1.54) is 24.0 Å². The van der Waals surface area contributed by atoms with Crippen molar-refractivity contribution >= 4 is 11.7 Å². The summed E-state index contributed by atoms with van der Waals surface area (Å²) in [6.07, 6.45) is 11.2. The van der Waals surface area contributed by atoms with E-state index in [-0.39, 0.29) is 18.6 Å². The first kappa shape index (κ1) is 31.9. The summed E-state index contributed by atoms with van der Waals surface area (Å²) in [5.74, 6) is 0.843. The molecule has 0 spiro atoms. The highest BCUT2D eigenvalue weighted by Gasteiger charge is 2.26. The molecule has 1 amide bonds. The molecule has 9 nitrogen and oxygen atoms in total. The maximum absolute atomic E-state index is 12.6. The van der Waals surface area contributed by atoms with Crippen LogP contribution >= 0.6 is 0 Å². The molecular weight excluding hydrogens is 542 g/mol. The number of hydrogen-bond donors (Lipinski definition) is 1. The van der Waals surface area contributed by atoms with E-state index in [2.05, 4.69) is 85.6 Å². The van der Waals surface area contributed by atoms with Gasteiger partial charge in [-0.2, -0.15) is 0 Å². The number of rotatable bonds is 18. The van der Waals surface area contributed by atoms with Gasteiger partial charge in [0.05, 0.1) is 18.2 Å². The van der Waals surface area contributed by atoms with E-state index < -0.39 is 5.09 Å². The molecule has 9 heteroatoms. The Balaban J connectivity index is 1.12. The molecule has 0 saturated carbocycles. The molecule has 2 heterocycles. The van der Waals surface area contributed by atoms with Gasteiger partial charge in [-0.25, -0.2) is 4.98 Å². The van der Waals surface area contributed by atoms with Crippen LogP contribution in [0.1, 0.15) is 85.3 Å². The first-order chi connectivity index (χ1) is 21.1. The van der Waals surface area contributed by atoms with E-state index in [0.717, 1.165) is 76.9 Å². The lowest BCUT2D eigenvalue weighted by atomic mass is 9.96. The maximum Gasteiger partial charge on any atom is 0.294 e. The van der Waals surface area contributed by atoms with Crippen molar-refractivity contribution in [1.82, 2.24) is 15.2 Å². The SMILES string of the molecule is O=C(NCCCCCCCCCCCO[N+](=O)[O-])c1ccc(N2CCN(C(c3ccccc3)c3ccccc3)CC2)nc1. The average Bonchev–Trinajstić information content (AvgIpc) is 3.04. The number of amides is 1. The molecule has 43 heavy (non-hydrogen) atoms. The molecule has 230 valence electrons. The Hall–Kier alpha value is -3.98. The summed E-state index contributed by atoms with van der Waals surface area (Å²) >= 11 is 0. The van der Waals surface area contributed by atoms with Gasteiger partial charge < -0.3 is 15.1 Å². The van der Waals surface area contributed by atoms with Crippen LogP contribution in [0.2, 0.25) is 0 Å². The van der Waals surface area contributed by atoms with E-state index in [1.54, 1.807) is 6.20 Å². The molecule has 1 aliphatic heterocycles. The van der Waals surface area contributed by atoms with Gasteiger partial charge in [-0.1, -0.05) is 106 Å². The second-order valence-corrected chi connectivity index (χ2v) is 11.1. The molecule has 0 unspecified atom stereocenters. The Morgan fingerprint density at radius 3 is 1.88 bits per heavy atom. The van der Waals surface area contributed by atoms with Gasteiger partial charge in [-0.3, -0.25) is 9.69 Å². The summed E-state index contributed by atoms with van der Waals surface area (Å²) in [6.45, 7) is 4.49. The largest absolute Gasteiger partial charge is 0.354 e. The van der Waals surface area contributed by atoms with Gasteiger partial charge in [0.2, 0.25) is 0 Å². The molecule has 1 aromatic heterocycles. The van der Waals surface area contributed by atoms with Gasteiger partial charge >= 0.3 is 0 Å². The van der Waals surface area contributed by atoms with Crippen molar-refractivity contribution in [1.29, 1.82) is 0 Å². The maximum atomic E-state index is 12.6. The fraction of sp³-hybridized carbons (Fsp3) is 0.471. The van der Waals surface area contributed by atoms with Crippen LogP contribution < -0.4 is 10.2 Å². The van der Waals surface area contributed by atoms with Crippen molar-refractivity contribution in [2.75, 3.05) is 44.2 Å². The number of hydrogen-bond acceptors (Lipinski definition) is 7. The van der Waals surface area contributed by atoms with Gasteiger partial charge in [0.1, 0.15) is 5.82 Å². The lowest BCUT2D eigenvalue weighted by Crippen LogP contribution is -2.48. The fourth-order valence-electron chi connectivity index (χ4n) is 5.71. The lowest BCUT2D eigenvalue weighted by molar-refractivity contribution is -0.757. The third kappa shape index (κ3) is 10.7. The van der Waals surface area contributed by atoms with Crippen LogP contribution in [-0.2, 0) is 4.84 Å². The van der Waals surface area contributed by atoms with Crippen LogP contribution in [0.4, 0.5) is 5.82 Å². The summed E-state index contributed by atoms with van der Waals surface area (Å²) in [7, 11) is 0. The van der Waals surface area contributed by atoms with Crippen molar-refractivity contribution in [3.05, 3.63) is 106 Å². The van der Waals surface area contributed by atoms with Gasteiger partial charge in [0.25, 0.3) is 11.0 Å². The molecule has 1 aliphatic rings. The quantitative estimate of drug-likeness (QED) is 0.104. The van der Waals surface area contributed by atoms with Crippen molar-refractivity contribution < 1.29 is 14.7 Å². The number of aromatic nitrogens is 1. The molecule has 4 rings (SSSR count). The zero-order valence-electron chi connectivity index (χ0n) is 25.1. The minimum Gasteiger partial charge on any atom is -0.354 e. The fourth-order valence-corrected chi connectivity index (χ4v) is 5.71. The topological polar surface area (TPSA) is 101 Å². The minimum atomic E-state index is -0.729. The van der Waals surface area contributed by atoms with Crippen LogP contribution in [-0.4, -0.2) is 60.2 Å². The number of benzene rings is 2. The normalized spacial score (nSPS) is 13.7. The molecule has 1 fully saturated rings. The zero-order chi connectivity index (χ0) is 30.1. The highest BCUT2D eigenvalue weighted by Crippen LogP contribution is 2.30. The molecule has 0 radical (unpaired) electrons. The smallest absolute Gasteiger partial charge is 0.294 e. The lowest BCUT2D eigenvalue weighted by Gasteiger charge is -2.40. The van der Waals surface area contributed by atoms with Crippen LogP contribution in [0.15, 0.2) is 79.0 Å². The summed E-state index contributed by atoms with van der Waals surface area (Å²) in [5, 5.41) is 12.4. The number of carbonyl (C=O) groups excluding carboxylic acids is 1. The second kappa shape index (κ2) is 17.9. The van der Waals surface area contributed by atoms with Crippen LogP contribution in [0.3, 0.4) is 0 Å². The Bertz CT molecular complexity index is 1180. The summed E-state index contributed by atoms with van der Waals surface area (Å²) < 4.78 is 0. The van der Waals surface area contributed by atoms with Gasteiger partial charge in [-0.05, 0) is 36.1 Å². The molecule has 0 bridgehead atoms. The third-order valence-corrected chi connectivity index (χ3v) is 8.05. The van der Waals surface area contributed by atoms with E-state index in [1.807, 2.05) is 12.1 Å². The van der Waals surface area contributed by atoms with Crippen molar-refractivity contribution in [3.8, 4) is 0 Å². The number of nitrogens with zero attached hydrogens (tertiary/aromatic N) is 4. The predicted molar refractivity (Wildman–Crippen MR) is 170 cm³/mol. The van der Waals surface area contributed by atoms with E-state index in [9.17, 15) is 14.9 Å². The molecule has 0 aliphatic carbocycles. The molecule has 1 N–H and O–H groups in total. The highest BCUT2D eigenvalue weighted by atomic mass is 16.9. The van der Waals surface area contributed by atoms with Crippen LogP contribution in [0.5, 0.6) is 0 Å². The van der Waals surface area contributed by atoms with E-state index in [0.29, 0.717) is 12.1 Å². The number of anilines is 1. The number of carbonyl (C=O) groups is 1. The first-order valence-electron chi connectivity index (χ1n) is 15.7. The van der Waals surface area contributed by atoms with Crippen molar-refractivity contribution in [2.24, 2.45) is 0 Å². The van der Waals surface area contributed by atoms with Crippen LogP contribution in [0.25, 0.3) is 0 Å². The average molecular weight is 588 g/mol. The number of piperazine rings is 1. The number of unbranched alkanes of at least 4 members (excludes halogenated alkanes) is 8. The molecule has 1 saturated heterocycles. The Morgan fingerprint density at radius 2 is 1.35 bits per heavy atom. The van der Waals surface area contributed by atoms with Crippen molar-refractivity contribution in [3.63, 3.8) is 0 Å². The summed E-state index contributed by atoms with van der Waals surface area (Å²) in [5.41, 5.74) is 3.21. The molecule has 3 aromatic rings. The molecule has 2 aromatic carbocycles. The van der Waals surface area contributed by atoms with Gasteiger partial charge in [-0.15, -0.1) is 10.1 Å². The van der Waals surface area contributed by atoms with E-state index >= 15 is 0 Å².